The molecule has 3 heterocycles. The molecule has 1 aliphatic heterocycles. The molecular formula is C10H13N5O2. The third-order valence-corrected chi connectivity index (χ3v) is 2.87. The van der Waals surface area contributed by atoms with Crippen molar-refractivity contribution < 1.29 is 9.63 Å². The Morgan fingerprint density at radius 1 is 1.59 bits per heavy atom. The van der Waals surface area contributed by atoms with Gasteiger partial charge in [0.25, 0.3) is 0 Å². The Kier molecular flexibility index (Phi) is 2.41. The summed E-state index contributed by atoms with van der Waals surface area (Å²) in [6, 6.07) is -0.0634. The Bertz CT molecular complexity index is 520. The summed E-state index contributed by atoms with van der Waals surface area (Å²) in [5, 5.41) is 16.4. The van der Waals surface area contributed by atoms with Gasteiger partial charge in [0.05, 0.1) is 12.1 Å². The second kappa shape index (κ2) is 3.94. The maximum absolute atomic E-state index is 9.43. The first-order chi connectivity index (χ1) is 8.24. The van der Waals surface area contributed by atoms with E-state index < -0.39 is 0 Å². The first-order valence-electron chi connectivity index (χ1n) is 5.47. The average molecular weight is 235 g/mol. The number of hydrogen-bond acceptors (Lipinski definition) is 6. The van der Waals surface area contributed by atoms with Crippen molar-refractivity contribution in [2.24, 2.45) is 7.05 Å². The first-order valence-corrected chi connectivity index (χ1v) is 5.47. The molecule has 2 aromatic rings. The van der Waals surface area contributed by atoms with E-state index in [2.05, 4.69) is 20.4 Å². The van der Waals surface area contributed by atoms with Gasteiger partial charge in [0, 0.05) is 26.0 Å². The Morgan fingerprint density at radius 2 is 2.47 bits per heavy atom. The molecule has 0 unspecified atom stereocenters. The van der Waals surface area contributed by atoms with Crippen LogP contribution in [0.25, 0.3) is 11.6 Å². The van der Waals surface area contributed by atoms with Crippen LogP contribution in [0.5, 0.6) is 0 Å². The number of nitrogens with zero attached hydrogens (tertiary/aromatic N) is 4. The molecule has 0 aromatic carbocycles. The molecule has 90 valence electrons. The van der Waals surface area contributed by atoms with Gasteiger partial charge in [-0.1, -0.05) is 5.16 Å². The fraction of sp³-hybridized carbons (Fsp3) is 0.500. The lowest BCUT2D eigenvalue weighted by Crippen LogP contribution is -2.15. The van der Waals surface area contributed by atoms with Crippen LogP contribution < -0.4 is 5.32 Å². The molecule has 2 aromatic heterocycles. The summed E-state index contributed by atoms with van der Waals surface area (Å²) < 4.78 is 7.01. The van der Waals surface area contributed by atoms with E-state index in [0.29, 0.717) is 30.5 Å². The van der Waals surface area contributed by atoms with E-state index in [-0.39, 0.29) is 12.1 Å². The topological polar surface area (TPSA) is 89.0 Å². The second-order valence-corrected chi connectivity index (χ2v) is 4.17. The van der Waals surface area contributed by atoms with Crippen LogP contribution in [0.4, 0.5) is 0 Å². The van der Waals surface area contributed by atoms with Crippen LogP contribution in [-0.4, -0.2) is 37.4 Å². The molecule has 3 rings (SSSR count). The summed E-state index contributed by atoms with van der Waals surface area (Å²) in [4.78, 5) is 8.44. The molecule has 17 heavy (non-hydrogen) atoms. The minimum Gasteiger partial charge on any atom is -0.392 e. The van der Waals surface area contributed by atoms with Crippen LogP contribution in [0.2, 0.25) is 0 Å². The Balaban J connectivity index is 1.86. The highest BCUT2D eigenvalue weighted by molar-refractivity contribution is 5.42. The molecule has 1 fully saturated rings. The predicted octanol–water partition coefficient (Wildman–Crippen LogP) is -0.135. The SMILES string of the molecule is Cn1ccnc1-c1noc([C@H]2C[C@@H](O)CN2)n1. The van der Waals surface area contributed by atoms with Gasteiger partial charge in [0.2, 0.25) is 11.7 Å². The Hall–Kier alpha value is -1.73. The van der Waals surface area contributed by atoms with Crippen molar-refractivity contribution in [3.8, 4) is 11.6 Å². The maximum atomic E-state index is 9.43. The van der Waals surface area contributed by atoms with E-state index in [1.165, 1.54) is 0 Å². The molecule has 0 bridgehead atoms. The van der Waals surface area contributed by atoms with Gasteiger partial charge >= 0.3 is 0 Å². The number of aryl methyl sites for hydroxylation is 1. The molecule has 0 aliphatic carbocycles. The first kappa shape index (κ1) is 10.4. The van der Waals surface area contributed by atoms with Gasteiger partial charge in [-0.05, 0) is 6.42 Å². The molecule has 0 spiro atoms. The number of aliphatic hydroxyl groups excluding tert-OH is 1. The van der Waals surface area contributed by atoms with Crippen molar-refractivity contribution in [3.63, 3.8) is 0 Å². The van der Waals surface area contributed by atoms with Crippen molar-refractivity contribution in [2.45, 2.75) is 18.6 Å². The smallest absolute Gasteiger partial charge is 0.244 e. The van der Waals surface area contributed by atoms with Gasteiger partial charge in [0.1, 0.15) is 0 Å². The predicted molar refractivity (Wildman–Crippen MR) is 57.9 cm³/mol. The fourth-order valence-corrected chi connectivity index (χ4v) is 1.95. The van der Waals surface area contributed by atoms with Crippen LogP contribution in [0, 0.1) is 0 Å². The number of β-amino-alcohol motifs (C(OH)–C–C–N with tert-alkyl or cyclic N) is 1. The molecule has 7 heteroatoms. The van der Waals surface area contributed by atoms with Crippen molar-refractivity contribution >= 4 is 0 Å². The molecule has 0 amide bonds. The van der Waals surface area contributed by atoms with Crippen molar-refractivity contribution in [3.05, 3.63) is 18.3 Å². The van der Waals surface area contributed by atoms with Gasteiger partial charge in [0.15, 0.2) is 5.82 Å². The van der Waals surface area contributed by atoms with Crippen LogP contribution in [0.3, 0.4) is 0 Å². The van der Waals surface area contributed by atoms with Crippen LogP contribution >= 0.6 is 0 Å². The van der Waals surface area contributed by atoms with Crippen LogP contribution in [0.15, 0.2) is 16.9 Å². The van der Waals surface area contributed by atoms with Crippen molar-refractivity contribution in [1.29, 1.82) is 0 Å². The fourth-order valence-electron chi connectivity index (χ4n) is 1.95. The zero-order valence-corrected chi connectivity index (χ0v) is 9.37. The molecule has 2 N–H and O–H groups in total. The molecular weight excluding hydrogens is 222 g/mol. The highest BCUT2D eigenvalue weighted by Gasteiger charge is 2.28. The quantitative estimate of drug-likeness (QED) is 0.753. The number of nitrogens with one attached hydrogen (secondary N) is 1. The lowest BCUT2D eigenvalue weighted by Gasteiger charge is -2.01. The van der Waals surface area contributed by atoms with Gasteiger partial charge in [-0.25, -0.2) is 4.98 Å². The third kappa shape index (κ3) is 1.83. The highest BCUT2D eigenvalue weighted by atomic mass is 16.5. The van der Waals surface area contributed by atoms with E-state index >= 15 is 0 Å². The van der Waals surface area contributed by atoms with E-state index in [9.17, 15) is 5.11 Å². The molecule has 0 radical (unpaired) electrons. The summed E-state index contributed by atoms with van der Waals surface area (Å²) in [6.07, 6.45) is 3.76. The highest BCUT2D eigenvalue weighted by Crippen LogP contribution is 2.23. The Morgan fingerprint density at radius 3 is 3.12 bits per heavy atom. The standard InChI is InChI=1S/C10H13N5O2/c1-15-3-2-11-9(15)8-13-10(17-14-8)7-4-6(16)5-12-7/h2-3,6-7,12,16H,4-5H2,1H3/t6-,7-/m1/s1. The second-order valence-electron chi connectivity index (χ2n) is 4.17. The zero-order chi connectivity index (χ0) is 11.8. The summed E-state index contributed by atoms with van der Waals surface area (Å²) in [6.45, 7) is 0.560. The zero-order valence-electron chi connectivity index (χ0n) is 9.37. The van der Waals surface area contributed by atoms with Crippen molar-refractivity contribution in [2.75, 3.05) is 6.54 Å². The minimum absolute atomic E-state index is 0.0634. The largest absolute Gasteiger partial charge is 0.392 e. The van der Waals surface area contributed by atoms with Crippen LogP contribution in [0.1, 0.15) is 18.4 Å². The summed E-state index contributed by atoms with van der Waals surface area (Å²) in [7, 11) is 1.87. The van der Waals surface area contributed by atoms with Gasteiger partial charge in [-0.2, -0.15) is 4.98 Å². The molecule has 1 aliphatic rings. The van der Waals surface area contributed by atoms with Crippen LogP contribution in [-0.2, 0) is 7.05 Å². The van der Waals surface area contributed by atoms with E-state index in [1.54, 1.807) is 6.20 Å². The Labute approximate surface area is 97.5 Å². The number of rotatable bonds is 2. The lowest BCUT2D eigenvalue weighted by atomic mass is 10.2. The third-order valence-electron chi connectivity index (χ3n) is 2.87. The van der Waals surface area contributed by atoms with Gasteiger partial charge < -0.3 is 19.5 Å². The average Bonchev–Trinajstić information content (AvgIpc) is 2.97. The van der Waals surface area contributed by atoms with E-state index in [4.69, 9.17) is 4.52 Å². The van der Waals surface area contributed by atoms with Crippen molar-refractivity contribution in [1.82, 2.24) is 25.0 Å². The number of aromatic nitrogens is 4. The number of imidazole rings is 1. The molecule has 1 saturated heterocycles. The van der Waals surface area contributed by atoms with Gasteiger partial charge in [-0.3, -0.25) is 0 Å². The summed E-state index contributed by atoms with van der Waals surface area (Å²) >= 11 is 0. The summed E-state index contributed by atoms with van der Waals surface area (Å²) in [5.74, 6) is 1.63. The monoisotopic (exact) mass is 235 g/mol. The molecule has 0 saturated carbocycles. The normalized spacial score (nSPS) is 24.4. The molecule has 7 nitrogen and oxygen atoms in total. The molecule has 2 atom stereocenters. The van der Waals surface area contributed by atoms with E-state index in [1.807, 2.05) is 17.8 Å². The summed E-state index contributed by atoms with van der Waals surface area (Å²) in [5.41, 5.74) is 0. The maximum Gasteiger partial charge on any atom is 0.244 e. The van der Waals surface area contributed by atoms with Gasteiger partial charge in [-0.15, -0.1) is 0 Å². The number of aliphatic hydroxyl groups is 1. The number of hydrogen-bond donors (Lipinski definition) is 2. The minimum atomic E-state index is -0.344. The lowest BCUT2D eigenvalue weighted by molar-refractivity contribution is 0.191. The van der Waals surface area contributed by atoms with E-state index in [0.717, 1.165) is 0 Å².